The zero-order valence-corrected chi connectivity index (χ0v) is 8.70. The largest absolute Gasteiger partial charge is 0.419 e. The van der Waals surface area contributed by atoms with Gasteiger partial charge in [-0.15, -0.1) is 0 Å². The summed E-state index contributed by atoms with van der Waals surface area (Å²) in [6.45, 7) is 0. The van der Waals surface area contributed by atoms with Crippen LogP contribution in [-0.2, 0) is 4.79 Å². The fourth-order valence-electron chi connectivity index (χ4n) is 1.36. The molecule has 1 aromatic rings. The van der Waals surface area contributed by atoms with Gasteiger partial charge in [-0.25, -0.2) is 0 Å². The van der Waals surface area contributed by atoms with E-state index in [1.165, 1.54) is 18.2 Å². The van der Waals surface area contributed by atoms with Crippen LogP contribution in [-0.4, -0.2) is 10.9 Å². The summed E-state index contributed by atoms with van der Waals surface area (Å²) in [6, 6.07) is 5.76. The number of nitrogens with zero attached hydrogens (tertiary/aromatic N) is 1. The second-order valence-electron chi connectivity index (χ2n) is 3.29. The number of rotatable bonds is 3. The molecule has 1 saturated carbocycles. The van der Waals surface area contributed by atoms with E-state index in [0.717, 1.165) is 0 Å². The lowest BCUT2D eigenvalue weighted by Gasteiger charge is -2.07. The lowest BCUT2D eigenvalue weighted by molar-refractivity contribution is -0.385. The number of hydrogen-bond acceptors (Lipinski definition) is 4. The molecule has 0 heterocycles. The Hall–Kier alpha value is -1.91. The number of carbonyl (C=O) groups excluding carboxylic acids is 1. The molecule has 5 nitrogen and oxygen atoms in total. The van der Waals surface area contributed by atoms with Crippen LogP contribution >= 0.6 is 0 Å². The first-order chi connectivity index (χ1) is 8.18. The molecule has 1 aromatic carbocycles. The smallest absolute Gasteiger partial charge is 0.319 e. The molecular weight excluding hydrogens is 222 g/mol. The second kappa shape index (κ2) is 4.95. The number of carbonyl (C=O) groups is 1. The van der Waals surface area contributed by atoms with E-state index >= 15 is 0 Å². The molecule has 0 aromatic heterocycles. The molecule has 0 N–H and O–H groups in total. The third-order valence-electron chi connectivity index (χ3n) is 2.16. The Morgan fingerprint density at radius 2 is 1.82 bits per heavy atom. The summed E-state index contributed by atoms with van der Waals surface area (Å²) < 4.78 is 4.97. The predicted octanol–water partition coefficient (Wildman–Crippen LogP) is 1.91. The predicted molar refractivity (Wildman–Crippen MR) is 59.2 cm³/mol. The molecular formula is C12H8NO4. The van der Waals surface area contributed by atoms with Crippen molar-refractivity contribution in [3.05, 3.63) is 66.0 Å². The maximum Gasteiger partial charge on any atom is 0.319 e. The van der Waals surface area contributed by atoms with Crippen LogP contribution in [0.5, 0.6) is 5.75 Å². The Morgan fingerprint density at radius 3 is 2.47 bits per heavy atom. The molecule has 2 rings (SSSR count). The van der Waals surface area contributed by atoms with Gasteiger partial charge in [-0.2, -0.15) is 0 Å². The van der Waals surface area contributed by atoms with Crippen molar-refractivity contribution in [2.45, 2.75) is 0 Å². The van der Waals surface area contributed by atoms with E-state index < -0.39 is 10.9 Å². The van der Waals surface area contributed by atoms with Crippen molar-refractivity contribution in [3.63, 3.8) is 0 Å². The minimum atomic E-state index is -0.607. The van der Waals surface area contributed by atoms with Gasteiger partial charge in [0.25, 0.3) is 0 Å². The van der Waals surface area contributed by atoms with Crippen LogP contribution in [0.3, 0.4) is 0 Å². The first-order valence-corrected chi connectivity index (χ1v) is 4.86. The Morgan fingerprint density at radius 1 is 1.18 bits per heavy atom. The van der Waals surface area contributed by atoms with Crippen molar-refractivity contribution in [1.82, 2.24) is 0 Å². The number of esters is 1. The van der Waals surface area contributed by atoms with Gasteiger partial charge in [0.1, 0.15) is 0 Å². The normalized spacial score (nSPS) is 15.8. The van der Waals surface area contributed by atoms with Crippen molar-refractivity contribution >= 4 is 11.7 Å². The Bertz CT molecular complexity index is 438. The van der Waals surface area contributed by atoms with E-state index in [9.17, 15) is 14.9 Å². The molecule has 0 aliphatic heterocycles. The molecule has 0 saturated heterocycles. The second-order valence-corrected chi connectivity index (χ2v) is 3.29. The third-order valence-corrected chi connectivity index (χ3v) is 2.16. The standard InChI is InChI=1S/C12H8NO4/c14-12(9-5-1-2-6-9)17-11-8-4-3-7-10(11)13(15)16/h1-8H. The molecule has 85 valence electrons. The van der Waals surface area contributed by atoms with E-state index in [0.29, 0.717) is 5.92 Å². The number of nitro groups is 1. The van der Waals surface area contributed by atoms with Crippen LogP contribution in [0.1, 0.15) is 0 Å². The average molecular weight is 230 g/mol. The van der Waals surface area contributed by atoms with Gasteiger partial charge >= 0.3 is 11.7 Å². The summed E-state index contributed by atoms with van der Waals surface area (Å²) in [5.41, 5.74) is -0.229. The fraction of sp³-hybridized carbons (Fsp3) is 0. The van der Waals surface area contributed by atoms with Gasteiger partial charge in [0.15, 0.2) is 0 Å². The van der Waals surface area contributed by atoms with Gasteiger partial charge in [-0.3, -0.25) is 14.9 Å². The van der Waals surface area contributed by atoms with Crippen molar-refractivity contribution in [3.8, 4) is 5.75 Å². The highest BCUT2D eigenvalue weighted by Crippen LogP contribution is 2.29. The van der Waals surface area contributed by atoms with E-state index in [-0.39, 0.29) is 11.4 Å². The fourth-order valence-corrected chi connectivity index (χ4v) is 1.36. The van der Waals surface area contributed by atoms with E-state index in [1.54, 1.807) is 31.7 Å². The highest BCUT2D eigenvalue weighted by molar-refractivity contribution is 5.93. The number of hydrogen-bond donors (Lipinski definition) is 0. The van der Waals surface area contributed by atoms with Crippen LogP contribution in [0.4, 0.5) is 5.69 Å². The number of benzene rings is 1. The van der Waals surface area contributed by atoms with Gasteiger partial charge in [-0.1, -0.05) is 12.1 Å². The molecule has 0 amide bonds. The SMILES string of the molecule is O=C(Oc1ccccc1[N+](=O)[O-])[C]1[CH][CH][CH][CH]1. The maximum absolute atomic E-state index is 11.6. The van der Waals surface area contributed by atoms with Crippen molar-refractivity contribution in [2.24, 2.45) is 0 Å². The van der Waals surface area contributed by atoms with Crippen LogP contribution in [0.25, 0.3) is 0 Å². The number of ether oxygens (including phenoxy) is 1. The topological polar surface area (TPSA) is 69.4 Å². The molecule has 1 aliphatic carbocycles. The molecule has 0 spiro atoms. The average Bonchev–Trinajstić information content (AvgIpc) is 2.83. The molecule has 1 aliphatic rings. The Kier molecular flexibility index (Phi) is 3.37. The molecule has 0 unspecified atom stereocenters. The Balaban J connectivity index is 2.12. The van der Waals surface area contributed by atoms with Gasteiger partial charge in [0.2, 0.25) is 5.75 Å². The third kappa shape index (κ3) is 2.61. The highest BCUT2D eigenvalue weighted by Gasteiger charge is 2.28. The van der Waals surface area contributed by atoms with E-state index in [2.05, 4.69) is 0 Å². The summed E-state index contributed by atoms with van der Waals surface area (Å²) in [7, 11) is 0. The molecule has 5 heteroatoms. The summed E-state index contributed by atoms with van der Waals surface area (Å²) in [5.74, 6) is -0.295. The van der Waals surface area contributed by atoms with Crippen molar-refractivity contribution in [1.29, 1.82) is 0 Å². The molecule has 0 atom stereocenters. The summed E-state index contributed by atoms with van der Waals surface area (Å²) in [6.07, 6.45) is 6.54. The lowest BCUT2D eigenvalue weighted by Crippen LogP contribution is -2.17. The van der Waals surface area contributed by atoms with E-state index in [4.69, 9.17) is 4.74 Å². The summed E-state index contributed by atoms with van der Waals surface area (Å²) in [5, 5.41) is 10.7. The maximum atomic E-state index is 11.6. The highest BCUT2D eigenvalue weighted by atomic mass is 16.6. The van der Waals surface area contributed by atoms with Crippen LogP contribution in [0, 0.1) is 41.7 Å². The van der Waals surface area contributed by atoms with E-state index in [1.807, 2.05) is 0 Å². The molecule has 0 bridgehead atoms. The van der Waals surface area contributed by atoms with Gasteiger partial charge in [0, 0.05) is 6.07 Å². The number of nitro benzene ring substituents is 1. The summed E-state index contributed by atoms with van der Waals surface area (Å²) >= 11 is 0. The number of para-hydroxylation sites is 2. The van der Waals surface area contributed by atoms with Crippen LogP contribution in [0.15, 0.2) is 24.3 Å². The van der Waals surface area contributed by atoms with Gasteiger partial charge < -0.3 is 4.74 Å². The van der Waals surface area contributed by atoms with Gasteiger partial charge in [0.05, 0.1) is 10.8 Å². The summed E-state index contributed by atoms with van der Waals surface area (Å²) in [4.78, 5) is 21.7. The minimum absolute atomic E-state index is 0.0521. The zero-order valence-electron chi connectivity index (χ0n) is 8.70. The quantitative estimate of drug-likeness (QED) is 0.344. The molecule has 5 radical (unpaired) electrons. The van der Waals surface area contributed by atoms with Gasteiger partial charge in [-0.05, 0) is 31.7 Å². The Labute approximate surface area is 98.5 Å². The molecule has 1 fully saturated rings. The monoisotopic (exact) mass is 230 g/mol. The van der Waals surface area contributed by atoms with Crippen molar-refractivity contribution in [2.75, 3.05) is 0 Å². The minimum Gasteiger partial charge on any atom is -0.419 e. The molecule has 17 heavy (non-hydrogen) atoms. The lowest BCUT2D eigenvalue weighted by atomic mass is 10.1. The van der Waals surface area contributed by atoms with Crippen LogP contribution in [0.2, 0.25) is 0 Å². The first kappa shape index (κ1) is 11.6. The zero-order chi connectivity index (χ0) is 12.3. The van der Waals surface area contributed by atoms with Crippen LogP contribution < -0.4 is 4.74 Å². The first-order valence-electron chi connectivity index (χ1n) is 4.86. The van der Waals surface area contributed by atoms with Crippen molar-refractivity contribution < 1.29 is 14.5 Å².